The van der Waals surface area contributed by atoms with E-state index in [1.165, 1.54) is 6.26 Å². The average molecular weight is 273 g/mol. The molecule has 1 rings (SSSR count). The number of thioether (sulfide) groups is 1. The first kappa shape index (κ1) is 14.5. The topological polar surface area (TPSA) is 60.2 Å². The summed E-state index contributed by atoms with van der Waals surface area (Å²) in [7, 11) is -3.09. The summed E-state index contributed by atoms with van der Waals surface area (Å²) < 4.78 is 22.6. The Labute approximate surface area is 108 Å². The van der Waals surface area contributed by atoms with Crippen LogP contribution in [0.15, 0.2) is 34.1 Å². The van der Waals surface area contributed by atoms with E-state index in [2.05, 4.69) is 6.92 Å². The van der Waals surface area contributed by atoms with Crippen LogP contribution in [0.4, 0.5) is 0 Å². The molecule has 0 heterocycles. The highest BCUT2D eigenvalue weighted by atomic mass is 32.2. The number of benzene rings is 1. The van der Waals surface area contributed by atoms with Gasteiger partial charge >= 0.3 is 0 Å². The van der Waals surface area contributed by atoms with Crippen molar-refractivity contribution in [1.29, 1.82) is 0 Å². The predicted molar refractivity (Wildman–Crippen MR) is 73.2 cm³/mol. The van der Waals surface area contributed by atoms with Gasteiger partial charge in [0.05, 0.1) is 4.90 Å². The van der Waals surface area contributed by atoms with Crippen molar-refractivity contribution in [3.63, 3.8) is 0 Å². The Morgan fingerprint density at radius 1 is 1.29 bits per heavy atom. The van der Waals surface area contributed by atoms with E-state index in [-0.39, 0.29) is 0 Å². The van der Waals surface area contributed by atoms with Crippen molar-refractivity contribution in [3.8, 4) is 0 Å². The fourth-order valence-corrected chi connectivity index (χ4v) is 3.22. The summed E-state index contributed by atoms with van der Waals surface area (Å²) in [6.45, 7) is 2.82. The number of rotatable bonds is 6. The monoisotopic (exact) mass is 273 g/mol. The van der Waals surface area contributed by atoms with E-state index in [0.717, 1.165) is 17.7 Å². The zero-order chi connectivity index (χ0) is 12.9. The Kier molecular flexibility index (Phi) is 5.49. The average Bonchev–Trinajstić information content (AvgIpc) is 2.28. The summed E-state index contributed by atoms with van der Waals surface area (Å²) >= 11 is 1.76. The van der Waals surface area contributed by atoms with Crippen LogP contribution in [-0.2, 0) is 9.84 Å². The van der Waals surface area contributed by atoms with E-state index in [9.17, 15) is 8.42 Å². The fraction of sp³-hybridized carbons (Fsp3) is 0.500. The molecular formula is C12H19NO2S2. The van der Waals surface area contributed by atoms with E-state index >= 15 is 0 Å². The second kappa shape index (κ2) is 6.42. The van der Waals surface area contributed by atoms with E-state index in [4.69, 9.17) is 5.73 Å². The summed E-state index contributed by atoms with van der Waals surface area (Å²) in [6.07, 6.45) is 3.27. The number of hydrogen-bond acceptors (Lipinski definition) is 4. The molecule has 1 unspecified atom stereocenters. The zero-order valence-corrected chi connectivity index (χ0v) is 11.9. The van der Waals surface area contributed by atoms with Crippen LogP contribution in [-0.4, -0.2) is 26.5 Å². The lowest BCUT2D eigenvalue weighted by Crippen LogP contribution is -2.09. The molecule has 17 heavy (non-hydrogen) atoms. The summed E-state index contributed by atoms with van der Waals surface area (Å²) in [5, 5.41) is 0.504. The van der Waals surface area contributed by atoms with Crippen LogP contribution in [0.5, 0.6) is 0 Å². The molecular weight excluding hydrogens is 254 g/mol. The Balaban J connectivity index is 2.74. The van der Waals surface area contributed by atoms with Gasteiger partial charge in [-0.25, -0.2) is 8.42 Å². The van der Waals surface area contributed by atoms with Gasteiger partial charge in [-0.2, -0.15) is 0 Å². The molecule has 0 fully saturated rings. The van der Waals surface area contributed by atoms with Crippen molar-refractivity contribution in [2.75, 3.05) is 12.8 Å². The third kappa shape index (κ3) is 4.69. The highest BCUT2D eigenvalue weighted by Gasteiger charge is 2.09. The molecule has 1 atom stereocenters. The molecule has 0 saturated carbocycles. The van der Waals surface area contributed by atoms with Gasteiger partial charge in [-0.15, -0.1) is 11.8 Å². The summed E-state index contributed by atoms with van der Waals surface area (Å²) in [5.41, 5.74) is 5.55. The standard InChI is InChI=1S/C12H19NO2S2/c1-3-10(8-9-13)16-11-4-6-12(7-5-11)17(2,14)15/h4-7,10H,3,8-9,13H2,1-2H3. The highest BCUT2D eigenvalue weighted by molar-refractivity contribution is 8.00. The third-order valence-corrected chi connectivity index (χ3v) is 5.07. The molecule has 5 heteroatoms. The molecule has 3 nitrogen and oxygen atoms in total. The van der Waals surface area contributed by atoms with E-state index in [0.29, 0.717) is 16.7 Å². The summed E-state index contributed by atoms with van der Waals surface area (Å²) in [4.78, 5) is 1.46. The number of hydrogen-bond donors (Lipinski definition) is 1. The second-order valence-electron chi connectivity index (χ2n) is 3.97. The van der Waals surface area contributed by atoms with Gasteiger partial charge in [0.1, 0.15) is 0 Å². The normalized spacial score (nSPS) is 13.6. The van der Waals surface area contributed by atoms with Gasteiger partial charge in [0.25, 0.3) is 0 Å². The lowest BCUT2D eigenvalue weighted by Gasteiger charge is -2.13. The largest absolute Gasteiger partial charge is 0.330 e. The minimum atomic E-state index is -3.09. The predicted octanol–water partition coefficient (Wildman–Crippen LogP) is 2.31. The van der Waals surface area contributed by atoms with E-state index in [1.54, 1.807) is 23.9 Å². The van der Waals surface area contributed by atoms with Gasteiger partial charge in [-0.1, -0.05) is 6.92 Å². The molecule has 0 aliphatic heterocycles. The number of nitrogens with two attached hydrogens (primary N) is 1. The second-order valence-corrected chi connectivity index (χ2v) is 7.36. The maximum absolute atomic E-state index is 11.3. The molecule has 1 aromatic carbocycles. The van der Waals surface area contributed by atoms with Crippen LogP contribution in [0.3, 0.4) is 0 Å². The minimum absolute atomic E-state index is 0.369. The van der Waals surface area contributed by atoms with Gasteiger partial charge in [0.2, 0.25) is 0 Å². The van der Waals surface area contributed by atoms with Crippen LogP contribution < -0.4 is 5.73 Å². The quantitative estimate of drug-likeness (QED) is 0.808. The van der Waals surface area contributed by atoms with Crippen LogP contribution >= 0.6 is 11.8 Å². The van der Waals surface area contributed by atoms with E-state index in [1.807, 2.05) is 12.1 Å². The first-order valence-electron chi connectivity index (χ1n) is 5.64. The van der Waals surface area contributed by atoms with E-state index < -0.39 is 9.84 Å². The first-order chi connectivity index (χ1) is 7.97. The molecule has 0 spiro atoms. The zero-order valence-electron chi connectivity index (χ0n) is 10.2. The first-order valence-corrected chi connectivity index (χ1v) is 8.41. The third-order valence-electron chi connectivity index (χ3n) is 2.50. The molecule has 0 amide bonds. The van der Waals surface area contributed by atoms with Crippen LogP contribution in [0.1, 0.15) is 19.8 Å². The smallest absolute Gasteiger partial charge is 0.175 e. The Morgan fingerprint density at radius 2 is 1.88 bits per heavy atom. The van der Waals surface area contributed by atoms with Crippen molar-refractivity contribution >= 4 is 21.6 Å². The lowest BCUT2D eigenvalue weighted by molar-refractivity contribution is 0.602. The van der Waals surface area contributed by atoms with Crippen molar-refractivity contribution in [2.24, 2.45) is 5.73 Å². The van der Waals surface area contributed by atoms with Gasteiger partial charge in [-0.05, 0) is 43.7 Å². The van der Waals surface area contributed by atoms with Gasteiger partial charge in [0.15, 0.2) is 9.84 Å². The van der Waals surface area contributed by atoms with Crippen LogP contribution in [0.2, 0.25) is 0 Å². The Morgan fingerprint density at radius 3 is 2.29 bits per heavy atom. The van der Waals surface area contributed by atoms with Gasteiger partial charge < -0.3 is 5.73 Å². The Hall–Kier alpha value is -0.520. The molecule has 96 valence electrons. The molecule has 0 aromatic heterocycles. The molecule has 2 N–H and O–H groups in total. The highest BCUT2D eigenvalue weighted by Crippen LogP contribution is 2.28. The van der Waals surface area contributed by atoms with Gasteiger partial charge in [0, 0.05) is 16.4 Å². The molecule has 0 saturated heterocycles. The van der Waals surface area contributed by atoms with Crippen molar-refractivity contribution in [2.45, 2.75) is 34.8 Å². The molecule has 0 aliphatic rings. The summed E-state index contributed by atoms with van der Waals surface area (Å²) in [5.74, 6) is 0. The maximum Gasteiger partial charge on any atom is 0.175 e. The van der Waals surface area contributed by atoms with Crippen molar-refractivity contribution < 1.29 is 8.42 Å². The van der Waals surface area contributed by atoms with Crippen molar-refractivity contribution in [3.05, 3.63) is 24.3 Å². The summed E-state index contributed by atoms with van der Waals surface area (Å²) in [6, 6.07) is 7.04. The van der Waals surface area contributed by atoms with Gasteiger partial charge in [-0.3, -0.25) is 0 Å². The fourth-order valence-electron chi connectivity index (χ4n) is 1.49. The minimum Gasteiger partial charge on any atom is -0.330 e. The van der Waals surface area contributed by atoms with Crippen LogP contribution in [0, 0.1) is 0 Å². The van der Waals surface area contributed by atoms with Crippen molar-refractivity contribution in [1.82, 2.24) is 0 Å². The molecule has 0 radical (unpaired) electrons. The lowest BCUT2D eigenvalue weighted by atomic mass is 10.2. The molecule has 0 bridgehead atoms. The SMILES string of the molecule is CCC(CCN)Sc1ccc(S(C)(=O)=O)cc1. The maximum atomic E-state index is 11.3. The molecule has 1 aromatic rings. The Bertz CT molecular complexity index is 440. The molecule has 0 aliphatic carbocycles. The van der Waals surface area contributed by atoms with Crippen LogP contribution in [0.25, 0.3) is 0 Å². The number of sulfone groups is 1.